The standard InChI is InChI=1S/C16H24N6/c1-13-11-15(19-12-14-7-4-5-8-17-14)21-16(20-13)18-9-6-10-22(2)3/h4-5,7-8,11H,6,9-10,12H2,1-3H3,(H2,18,19,20,21). The molecule has 0 amide bonds. The maximum atomic E-state index is 4.49. The maximum Gasteiger partial charge on any atom is 0.224 e. The lowest BCUT2D eigenvalue weighted by Gasteiger charge is -2.11. The molecule has 0 aliphatic rings. The van der Waals surface area contributed by atoms with E-state index in [0.717, 1.165) is 36.7 Å². The van der Waals surface area contributed by atoms with Crippen molar-refractivity contribution in [3.63, 3.8) is 0 Å². The van der Waals surface area contributed by atoms with E-state index in [2.05, 4.69) is 44.6 Å². The first-order valence-corrected chi connectivity index (χ1v) is 7.51. The molecule has 0 saturated heterocycles. The summed E-state index contributed by atoms with van der Waals surface area (Å²) in [6, 6.07) is 7.82. The Bertz CT molecular complexity index is 570. The van der Waals surface area contributed by atoms with Crippen molar-refractivity contribution >= 4 is 11.8 Å². The Labute approximate surface area is 132 Å². The second-order valence-corrected chi connectivity index (χ2v) is 5.48. The minimum atomic E-state index is 0.650. The number of aromatic nitrogens is 3. The number of hydrogen-bond acceptors (Lipinski definition) is 6. The average molecular weight is 300 g/mol. The summed E-state index contributed by atoms with van der Waals surface area (Å²) in [5.41, 5.74) is 1.92. The van der Waals surface area contributed by atoms with Crippen molar-refractivity contribution in [2.24, 2.45) is 0 Å². The second kappa shape index (κ2) is 8.29. The summed E-state index contributed by atoms with van der Waals surface area (Å²) in [5, 5.41) is 6.56. The molecular formula is C16H24N6. The molecule has 118 valence electrons. The number of nitrogens with one attached hydrogen (secondary N) is 2. The highest BCUT2D eigenvalue weighted by molar-refractivity contribution is 5.42. The van der Waals surface area contributed by atoms with E-state index in [-0.39, 0.29) is 0 Å². The van der Waals surface area contributed by atoms with E-state index in [4.69, 9.17) is 0 Å². The number of pyridine rings is 1. The van der Waals surface area contributed by atoms with Crippen molar-refractivity contribution in [3.05, 3.63) is 41.9 Å². The third-order valence-corrected chi connectivity index (χ3v) is 3.10. The molecule has 0 aromatic carbocycles. The molecule has 22 heavy (non-hydrogen) atoms. The van der Waals surface area contributed by atoms with Gasteiger partial charge < -0.3 is 15.5 Å². The smallest absolute Gasteiger partial charge is 0.224 e. The highest BCUT2D eigenvalue weighted by Crippen LogP contribution is 2.10. The highest BCUT2D eigenvalue weighted by atomic mass is 15.1. The average Bonchev–Trinajstić information content (AvgIpc) is 2.50. The van der Waals surface area contributed by atoms with Crippen LogP contribution in [0.5, 0.6) is 0 Å². The SMILES string of the molecule is Cc1cc(NCc2ccccn2)nc(NCCCN(C)C)n1. The minimum Gasteiger partial charge on any atom is -0.364 e. The van der Waals surface area contributed by atoms with Gasteiger partial charge in [0.15, 0.2) is 0 Å². The van der Waals surface area contributed by atoms with Gasteiger partial charge in [-0.1, -0.05) is 6.07 Å². The van der Waals surface area contributed by atoms with Crippen molar-refractivity contribution in [2.75, 3.05) is 37.8 Å². The van der Waals surface area contributed by atoms with Crippen LogP contribution in [0, 0.1) is 6.92 Å². The summed E-state index contributed by atoms with van der Waals surface area (Å²) in [4.78, 5) is 15.4. The van der Waals surface area contributed by atoms with Gasteiger partial charge in [0, 0.05) is 24.5 Å². The molecule has 2 aromatic heterocycles. The van der Waals surface area contributed by atoms with Gasteiger partial charge in [0.2, 0.25) is 5.95 Å². The van der Waals surface area contributed by atoms with Crippen LogP contribution < -0.4 is 10.6 Å². The fourth-order valence-electron chi connectivity index (χ4n) is 2.02. The molecule has 0 unspecified atom stereocenters. The molecule has 0 fully saturated rings. The Balaban J connectivity index is 1.89. The van der Waals surface area contributed by atoms with E-state index in [9.17, 15) is 0 Å². The van der Waals surface area contributed by atoms with Crippen LogP contribution in [-0.2, 0) is 6.54 Å². The van der Waals surface area contributed by atoms with E-state index >= 15 is 0 Å². The van der Waals surface area contributed by atoms with Gasteiger partial charge in [-0.15, -0.1) is 0 Å². The summed E-state index contributed by atoms with van der Waals surface area (Å²) < 4.78 is 0. The van der Waals surface area contributed by atoms with Crippen molar-refractivity contribution in [2.45, 2.75) is 19.9 Å². The molecule has 0 spiro atoms. The van der Waals surface area contributed by atoms with Crippen LogP contribution in [0.2, 0.25) is 0 Å². The van der Waals surface area contributed by atoms with E-state index in [0.29, 0.717) is 12.5 Å². The fraction of sp³-hybridized carbons (Fsp3) is 0.438. The molecule has 0 aliphatic carbocycles. The van der Waals surface area contributed by atoms with Crippen LogP contribution in [0.4, 0.5) is 11.8 Å². The van der Waals surface area contributed by atoms with Crippen LogP contribution in [0.25, 0.3) is 0 Å². The van der Waals surface area contributed by atoms with Gasteiger partial charge in [0.25, 0.3) is 0 Å². The Kier molecular flexibility index (Phi) is 6.09. The predicted molar refractivity (Wildman–Crippen MR) is 90.0 cm³/mol. The highest BCUT2D eigenvalue weighted by Gasteiger charge is 2.02. The van der Waals surface area contributed by atoms with Gasteiger partial charge in [0.1, 0.15) is 5.82 Å². The molecule has 2 heterocycles. The van der Waals surface area contributed by atoms with E-state index in [1.54, 1.807) is 6.20 Å². The Morgan fingerprint density at radius 1 is 1.14 bits per heavy atom. The largest absolute Gasteiger partial charge is 0.364 e. The van der Waals surface area contributed by atoms with E-state index in [1.807, 2.05) is 31.2 Å². The zero-order valence-corrected chi connectivity index (χ0v) is 13.5. The quantitative estimate of drug-likeness (QED) is 0.728. The number of nitrogens with zero attached hydrogens (tertiary/aromatic N) is 4. The monoisotopic (exact) mass is 300 g/mol. The van der Waals surface area contributed by atoms with Gasteiger partial charge in [-0.25, -0.2) is 4.98 Å². The lowest BCUT2D eigenvalue weighted by atomic mass is 10.3. The molecule has 0 bridgehead atoms. The molecule has 0 radical (unpaired) electrons. The van der Waals surface area contributed by atoms with Crippen molar-refractivity contribution < 1.29 is 0 Å². The lowest BCUT2D eigenvalue weighted by Crippen LogP contribution is -2.17. The van der Waals surface area contributed by atoms with Gasteiger partial charge in [-0.05, 0) is 46.1 Å². The third kappa shape index (κ3) is 5.65. The van der Waals surface area contributed by atoms with Gasteiger partial charge in [-0.2, -0.15) is 4.98 Å². The number of rotatable bonds is 8. The van der Waals surface area contributed by atoms with Crippen LogP contribution in [-0.4, -0.2) is 47.0 Å². The van der Waals surface area contributed by atoms with Crippen LogP contribution in [0.15, 0.2) is 30.5 Å². The predicted octanol–water partition coefficient (Wildman–Crippen LogP) is 2.16. The molecule has 2 N–H and O–H groups in total. The molecule has 2 aromatic rings. The first-order chi connectivity index (χ1) is 10.6. The molecule has 0 aliphatic heterocycles. The first-order valence-electron chi connectivity index (χ1n) is 7.51. The Morgan fingerprint density at radius 2 is 2.00 bits per heavy atom. The fourth-order valence-corrected chi connectivity index (χ4v) is 2.02. The van der Waals surface area contributed by atoms with Gasteiger partial charge in [0.05, 0.1) is 12.2 Å². The molecule has 2 rings (SSSR count). The number of anilines is 2. The number of aryl methyl sites for hydroxylation is 1. The zero-order chi connectivity index (χ0) is 15.8. The third-order valence-electron chi connectivity index (χ3n) is 3.10. The maximum absolute atomic E-state index is 4.49. The molecule has 6 nitrogen and oxygen atoms in total. The van der Waals surface area contributed by atoms with Crippen molar-refractivity contribution in [3.8, 4) is 0 Å². The molecule has 6 heteroatoms. The second-order valence-electron chi connectivity index (χ2n) is 5.48. The van der Waals surface area contributed by atoms with E-state index < -0.39 is 0 Å². The van der Waals surface area contributed by atoms with Crippen LogP contribution in [0.3, 0.4) is 0 Å². The Morgan fingerprint density at radius 3 is 2.73 bits per heavy atom. The minimum absolute atomic E-state index is 0.650. The van der Waals surface area contributed by atoms with Gasteiger partial charge >= 0.3 is 0 Å². The molecular weight excluding hydrogens is 276 g/mol. The van der Waals surface area contributed by atoms with Crippen LogP contribution >= 0.6 is 0 Å². The van der Waals surface area contributed by atoms with Crippen molar-refractivity contribution in [1.82, 2.24) is 19.9 Å². The first kappa shape index (κ1) is 16.2. The molecule has 0 saturated carbocycles. The number of hydrogen-bond donors (Lipinski definition) is 2. The zero-order valence-electron chi connectivity index (χ0n) is 13.5. The lowest BCUT2D eigenvalue weighted by molar-refractivity contribution is 0.405. The summed E-state index contributed by atoms with van der Waals surface area (Å²) in [6.07, 6.45) is 2.85. The van der Waals surface area contributed by atoms with Gasteiger partial charge in [-0.3, -0.25) is 4.98 Å². The topological polar surface area (TPSA) is 66.0 Å². The normalized spacial score (nSPS) is 10.7. The van der Waals surface area contributed by atoms with Crippen molar-refractivity contribution in [1.29, 1.82) is 0 Å². The van der Waals surface area contributed by atoms with E-state index in [1.165, 1.54) is 0 Å². The summed E-state index contributed by atoms with van der Waals surface area (Å²) in [6.45, 7) is 4.53. The summed E-state index contributed by atoms with van der Waals surface area (Å²) in [5.74, 6) is 1.48. The summed E-state index contributed by atoms with van der Waals surface area (Å²) in [7, 11) is 4.14. The molecule has 0 atom stereocenters. The Hall–Kier alpha value is -2.21. The van der Waals surface area contributed by atoms with Crippen LogP contribution in [0.1, 0.15) is 17.8 Å². The summed E-state index contributed by atoms with van der Waals surface area (Å²) >= 11 is 0.